The lowest BCUT2D eigenvalue weighted by Gasteiger charge is -2.33. The Morgan fingerprint density at radius 3 is 2.43 bits per heavy atom. The number of nitrogens with one attached hydrogen (secondary N) is 1. The van der Waals surface area contributed by atoms with Crippen LogP contribution in [-0.2, 0) is 22.6 Å². The number of rotatable bonds is 10. The number of hydrogen-bond acceptors (Lipinski definition) is 3. The maximum atomic E-state index is 13.8. The van der Waals surface area contributed by atoms with Crippen molar-refractivity contribution < 1.29 is 14.3 Å². The lowest BCUT2D eigenvalue weighted by atomic mass is 9.94. The Labute approximate surface area is 224 Å². The molecule has 0 saturated heterocycles. The van der Waals surface area contributed by atoms with Crippen molar-refractivity contribution in [1.29, 1.82) is 0 Å². The summed E-state index contributed by atoms with van der Waals surface area (Å²) in [6, 6.07) is 24.3. The van der Waals surface area contributed by atoms with Crippen molar-refractivity contribution >= 4 is 23.4 Å². The molecule has 0 heterocycles. The fraction of sp³-hybridized carbons (Fsp3) is 0.355. The molecule has 4 rings (SSSR count). The van der Waals surface area contributed by atoms with Gasteiger partial charge in [0.15, 0.2) is 6.61 Å². The fourth-order valence-corrected chi connectivity index (χ4v) is 5.04. The zero-order valence-electron chi connectivity index (χ0n) is 21.4. The normalized spacial score (nSPS) is 14.5. The number of halogens is 1. The van der Waals surface area contributed by atoms with E-state index in [1.54, 1.807) is 11.0 Å². The number of hydrogen-bond donors (Lipinski definition) is 1. The third-order valence-electron chi connectivity index (χ3n) is 6.87. The van der Waals surface area contributed by atoms with Crippen molar-refractivity contribution in [2.24, 2.45) is 0 Å². The van der Waals surface area contributed by atoms with Crippen molar-refractivity contribution in [2.75, 3.05) is 6.61 Å². The van der Waals surface area contributed by atoms with Gasteiger partial charge in [-0.3, -0.25) is 9.59 Å². The van der Waals surface area contributed by atoms with Gasteiger partial charge in [-0.05, 0) is 54.7 Å². The number of carbonyl (C=O) groups excluding carboxylic acids is 2. The Hall–Kier alpha value is -3.31. The predicted molar refractivity (Wildman–Crippen MR) is 148 cm³/mol. The van der Waals surface area contributed by atoms with E-state index in [0.717, 1.165) is 42.4 Å². The lowest BCUT2D eigenvalue weighted by molar-refractivity contribution is -0.143. The summed E-state index contributed by atoms with van der Waals surface area (Å²) >= 11 is 6.49. The molecule has 1 fully saturated rings. The monoisotopic (exact) mass is 518 g/mol. The number of amides is 2. The van der Waals surface area contributed by atoms with Crippen LogP contribution < -0.4 is 10.1 Å². The Balaban J connectivity index is 1.62. The summed E-state index contributed by atoms with van der Waals surface area (Å²) in [7, 11) is 0. The SMILES string of the molecule is Cc1cccc(OCC(=O)N(Cc2ccccc2Cl)C(Cc2ccccc2)C(=O)NC2CCCCC2)c1. The summed E-state index contributed by atoms with van der Waals surface area (Å²) in [4.78, 5) is 29.1. The molecule has 0 aromatic heterocycles. The standard InChI is InChI=1S/C31H35ClN2O3/c1-23-11-10-17-27(19-23)37-22-30(35)34(21-25-14-8-9-18-28(25)32)29(20-24-12-4-2-5-13-24)31(36)33-26-15-6-3-7-16-26/h2,4-5,8-14,17-19,26,29H,3,6-7,15-16,20-22H2,1H3,(H,33,36). The molecular formula is C31H35ClN2O3. The van der Waals surface area contributed by atoms with Crippen LogP contribution in [0.25, 0.3) is 0 Å². The summed E-state index contributed by atoms with van der Waals surface area (Å²) in [5.74, 6) is 0.227. The fourth-order valence-electron chi connectivity index (χ4n) is 4.84. The summed E-state index contributed by atoms with van der Waals surface area (Å²) in [6.07, 6.45) is 5.77. The van der Waals surface area contributed by atoms with E-state index in [0.29, 0.717) is 17.2 Å². The molecule has 194 valence electrons. The molecule has 1 aliphatic rings. The minimum Gasteiger partial charge on any atom is -0.484 e. The van der Waals surface area contributed by atoms with Crippen LogP contribution in [0.3, 0.4) is 0 Å². The van der Waals surface area contributed by atoms with Crippen LogP contribution in [-0.4, -0.2) is 35.4 Å². The largest absolute Gasteiger partial charge is 0.484 e. The third-order valence-corrected chi connectivity index (χ3v) is 7.24. The topological polar surface area (TPSA) is 58.6 Å². The first-order valence-electron chi connectivity index (χ1n) is 13.1. The first kappa shape index (κ1) is 26.7. The van der Waals surface area contributed by atoms with E-state index in [1.807, 2.05) is 79.7 Å². The lowest BCUT2D eigenvalue weighted by Crippen LogP contribution is -2.53. The van der Waals surface area contributed by atoms with Crippen LogP contribution in [0.4, 0.5) is 0 Å². The summed E-state index contributed by atoms with van der Waals surface area (Å²) < 4.78 is 5.87. The second-order valence-corrected chi connectivity index (χ2v) is 10.2. The van der Waals surface area contributed by atoms with E-state index in [2.05, 4.69) is 5.32 Å². The Morgan fingerprint density at radius 1 is 0.973 bits per heavy atom. The highest BCUT2D eigenvalue weighted by Gasteiger charge is 2.32. The first-order chi connectivity index (χ1) is 18.0. The molecule has 1 unspecified atom stereocenters. The van der Waals surface area contributed by atoms with Crippen molar-refractivity contribution in [3.05, 3.63) is 101 Å². The van der Waals surface area contributed by atoms with Gasteiger partial charge < -0.3 is 15.0 Å². The molecule has 37 heavy (non-hydrogen) atoms. The second kappa shape index (κ2) is 13.3. The third kappa shape index (κ3) is 7.83. The molecule has 0 spiro atoms. The van der Waals surface area contributed by atoms with Crippen LogP contribution in [0, 0.1) is 6.92 Å². The smallest absolute Gasteiger partial charge is 0.261 e. The first-order valence-corrected chi connectivity index (χ1v) is 13.4. The van der Waals surface area contributed by atoms with Gasteiger partial charge in [0.2, 0.25) is 5.91 Å². The molecule has 1 aliphatic carbocycles. The van der Waals surface area contributed by atoms with Gasteiger partial charge in [-0.2, -0.15) is 0 Å². The van der Waals surface area contributed by atoms with Gasteiger partial charge in [0.1, 0.15) is 11.8 Å². The average Bonchev–Trinajstić information content (AvgIpc) is 2.91. The predicted octanol–water partition coefficient (Wildman–Crippen LogP) is 6.12. The number of ether oxygens (including phenoxy) is 1. The summed E-state index contributed by atoms with van der Waals surface area (Å²) in [5.41, 5.74) is 2.83. The Bertz CT molecular complexity index is 1180. The summed E-state index contributed by atoms with van der Waals surface area (Å²) in [6.45, 7) is 2.02. The minimum absolute atomic E-state index is 0.133. The highest BCUT2D eigenvalue weighted by atomic mass is 35.5. The van der Waals surface area contributed by atoms with Gasteiger partial charge >= 0.3 is 0 Å². The van der Waals surface area contributed by atoms with Crippen LogP contribution >= 0.6 is 11.6 Å². The molecule has 1 saturated carbocycles. The van der Waals surface area contributed by atoms with Crippen LogP contribution in [0.2, 0.25) is 5.02 Å². The molecule has 3 aromatic carbocycles. The molecule has 1 atom stereocenters. The van der Waals surface area contributed by atoms with E-state index in [-0.39, 0.29) is 31.0 Å². The molecule has 6 heteroatoms. The van der Waals surface area contributed by atoms with Gasteiger partial charge in [-0.25, -0.2) is 0 Å². The molecule has 2 amide bonds. The molecule has 5 nitrogen and oxygen atoms in total. The molecule has 0 bridgehead atoms. The van der Waals surface area contributed by atoms with Crippen molar-refractivity contribution in [3.63, 3.8) is 0 Å². The zero-order valence-corrected chi connectivity index (χ0v) is 22.1. The second-order valence-electron chi connectivity index (χ2n) is 9.77. The van der Waals surface area contributed by atoms with Crippen molar-refractivity contribution in [1.82, 2.24) is 10.2 Å². The Kier molecular flexibility index (Phi) is 9.61. The highest BCUT2D eigenvalue weighted by Crippen LogP contribution is 2.22. The van der Waals surface area contributed by atoms with Crippen molar-refractivity contribution in [3.8, 4) is 5.75 Å². The number of aryl methyl sites for hydroxylation is 1. The minimum atomic E-state index is -0.700. The van der Waals surface area contributed by atoms with E-state index in [4.69, 9.17) is 16.3 Å². The molecular weight excluding hydrogens is 484 g/mol. The quantitative estimate of drug-likeness (QED) is 0.352. The van der Waals surface area contributed by atoms with Gasteiger partial charge in [-0.1, -0.05) is 91.5 Å². The van der Waals surface area contributed by atoms with E-state index < -0.39 is 6.04 Å². The van der Waals surface area contributed by atoms with Gasteiger partial charge in [0.05, 0.1) is 0 Å². The molecule has 0 aliphatic heterocycles. The van der Waals surface area contributed by atoms with E-state index in [9.17, 15) is 9.59 Å². The highest BCUT2D eigenvalue weighted by molar-refractivity contribution is 6.31. The zero-order chi connectivity index (χ0) is 26.0. The maximum absolute atomic E-state index is 13.8. The van der Waals surface area contributed by atoms with Gasteiger partial charge in [0, 0.05) is 24.0 Å². The molecule has 0 radical (unpaired) electrons. The maximum Gasteiger partial charge on any atom is 0.261 e. The Morgan fingerprint density at radius 2 is 1.70 bits per heavy atom. The molecule has 1 N–H and O–H groups in total. The van der Waals surface area contributed by atoms with Crippen molar-refractivity contribution in [2.45, 2.75) is 64.1 Å². The van der Waals surface area contributed by atoms with Gasteiger partial charge in [-0.15, -0.1) is 0 Å². The van der Waals surface area contributed by atoms with Crippen LogP contribution in [0.5, 0.6) is 5.75 Å². The summed E-state index contributed by atoms with van der Waals surface area (Å²) in [5, 5.41) is 3.81. The molecule has 3 aromatic rings. The van der Waals surface area contributed by atoms with Crippen LogP contribution in [0.1, 0.15) is 48.8 Å². The number of nitrogens with zero attached hydrogens (tertiary/aromatic N) is 1. The van der Waals surface area contributed by atoms with E-state index >= 15 is 0 Å². The van der Waals surface area contributed by atoms with E-state index in [1.165, 1.54) is 6.42 Å². The van der Waals surface area contributed by atoms with Gasteiger partial charge in [0.25, 0.3) is 5.91 Å². The number of benzene rings is 3. The van der Waals surface area contributed by atoms with Crippen LogP contribution in [0.15, 0.2) is 78.9 Å². The number of carbonyl (C=O) groups is 2. The average molecular weight is 519 g/mol.